The highest BCUT2D eigenvalue weighted by Crippen LogP contribution is 2.22. The Balaban J connectivity index is 2.71. The molecule has 0 amide bonds. The summed E-state index contributed by atoms with van der Waals surface area (Å²) in [6, 6.07) is 5.87. The first kappa shape index (κ1) is 9.02. The molecule has 0 aliphatic carbocycles. The number of rotatable bonds is 2. The van der Waals surface area contributed by atoms with Gasteiger partial charge in [0.15, 0.2) is 0 Å². The third kappa shape index (κ3) is 1.24. The Kier molecular flexibility index (Phi) is 2.13. The molecule has 0 aliphatic heterocycles. The van der Waals surface area contributed by atoms with Crippen LogP contribution in [0.5, 0.6) is 5.75 Å². The molecule has 0 aliphatic rings. The topological polar surface area (TPSA) is 53.1 Å². The number of aryl methyl sites for hydroxylation is 1. The van der Waals surface area contributed by atoms with Gasteiger partial charge in [-0.15, -0.1) is 0 Å². The molecule has 1 aromatic carbocycles. The van der Waals surface area contributed by atoms with Gasteiger partial charge in [0.2, 0.25) is 0 Å². The van der Waals surface area contributed by atoms with Gasteiger partial charge in [-0.25, -0.2) is 0 Å². The van der Waals surface area contributed by atoms with E-state index in [1.54, 1.807) is 7.11 Å². The van der Waals surface area contributed by atoms with Crippen LogP contribution in [0.3, 0.4) is 0 Å². The predicted molar refractivity (Wildman–Crippen MR) is 55.2 cm³/mol. The van der Waals surface area contributed by atoms with Crippen molar-refractivity contribution in [1.82, 2.24) is 9.78 Å². The summed E-state index contributed by atoms with van der Waals surface area (Å²) < 4.78 is 6.98. The molecule has 0 atom stereocenters. The molecule has 0 unspecified atom stereocenters. The van der Waals surface area contributed by atoms with Crippen LogP contribution >= 0.6 is 0 Å². The van der Waals surface area contributed by atoms with Crippen LogP contribution in [0.25, 0.3) is 10.9 Å². The number of benzene rings is 1. The Morgan fingerprint density at radius 3 is 2.93 bits per heavy atom. The number of fused-ring (bicyclic) bond motifs is 1. The van der Waals surface area contributed by atoms with Crippen LogP contribution in [0.4, 0.5) is 0 Å². The Morgan fingerprint density at radius 1 is 1.50 bits per heavy atom. The lowest BCUT2D eigenvalue weighted by Gasteiger charge is -1.99. The lowest BCUT2D eigenvalue weighted by molar-refractivity contribution is 0.415. The van der Waals surface area contributed by atoms with Crippen LogP contribution in [-0.2, 0) is 13.6 Å². The number of ether oxygens (including phenoxy) is 1. The molecule has 0 saturated carbocycles. The summed E-state index contributed by atoms with van der Waals surface area (Å²) in [5, 5.41) is 5.38. The van der Waals surface area contributed by atoms with Crippen LogP contribution < -0.4 is 10.5 Å². The molecular formula is C10H13N3O. The van der Waals surface area contributed by atoms with Crippen molar-refractivity contribution in [3.8, 4) is 5.75 Å². The van der Waals surface area contributed by atoms with Crippen LogP contribution in [0.15, 0.2) is 18.2 Å². The lowest BCUT2D eigenvalue weighted by atomic mass is 10.2. The molecule has 1 heterocycles. The Hall–Kier alpha value is -1.55. The molecule has 4 heteroatoms. The minimum absolute atomic E-state index is 0.449. The second-order valence-corrected chi connectivity index (χ2v) is 3.16. The summed E-state index contributed by atoms with van der Waals surface area (Å²) in [6.45, 7) is 0.449. The second kappa shape index (κ2) is 3.31. The SMILES string of the molecule is COc1ccc2c(c1)c(CN)nn2C. The average molecular weight is 191 g/mol. The van der Waals surface area contributed by atoms with Crippen molar-refractivity contribution < 1.29 is 4.74 Å². The van der Waals surface area contributed by atoms with Gasteiger partial charge in [-0.3, -0.25) is 4.68 Å². The van der Waals surface area contributed by atoms with E-state index >= 15 is 0 Å². The fourth-order valence-electron chi connectivity index (χ4n) is 1.60. The standard InChI is InChI=1S/C10H13N3O/c1-13-10-4-3-7(14-2)5-8(10)9(6-11)12-13/h3-5H,6,11H2,1-2H3. The fraction of sp³-hybridized carbons (Fsp3) is 0.300. The number of aromatic nitrogens is 2. The van der Waals surface area contributed by atoms with Crippen molar-refractivity contribution in [2.45, 2.75) is 6.54 Å². The van der Waals surface area contributed by atoms with Crippen LogP contribution in [0.1, 0.15) is 5.69 Å². The van der Waals surface area contributed by atoms with E-state index in [2.05, 4.69) is 5.10 Å². The molecule has 2 rings (SSSR count). The minimum atomic E-state index is 0.449. The summed E-state index contributed by atoms with van der Waals surface area (Å²) in [4.78, 5) is 0. The summed E-state index contributed by atoms with van der Waals surface area (Å²) in [6.07, 6.45) is 0. The zero-order chi connectivity index (χ0) is 10.1. The molecule has 0 fully saturated rings. The average Bonchev–Trinajstić information content (AvgIpc) is 2.55. The molecule has 0 spiro atoms. The van der Waals surface area contributed by atoms with Crippen molar-refractivity contribution >= 4 is 10.9 Å². The first-order valence-corrected chi connectivity index (χ1v) is 4.46. The summed E-state index contributed by atoms with van der Waals surface area (Å²) in [5.41, 5.74) is 7.58. The van der Waals surface area contributed by atoms with Gasteiger partial charge in [-0.1, -0.05) is 0 Å². The van der Waals surface area contributed by atoms with Gasteiger partial charge in [-0.05, 0) is 18.2 Å². The van der Waals surface area contributed by atoms with E-state index in [9.17, 15) is 0 Å². The van der Waals surface area contributed by atoms with Crippen molar-refractivity contribution in [3.63, 3.8) is 0 Å². The molecule has 0 bridgehead atoms. The van der Waals surface area contributed by atoms with Gasteiger partial charge < -0.3 is 10.5 Å². The summed E-state index contributed by atoms with van der Waals surface area (Å²) in [7, 11) is 3.56. The van der Waals surface area contributed by atoms with Gasteiger partial charge in [0, 0.05) is 19.0 Å². The lowest BCUT2D eigenvalue weighted by Crippen LogP contribution is -1.98. The Morgan fingerprint density at radius 2 is 2.29 bits per heavy atom. The van der Waals surface area contributed by atoms with Crippen LogP contribution in [0, 0.1) is 0 Å². The van der Waals surface area contributed by atoms with E-state index in [1.165, 1.54) is 0 Å². The van der Waals surface area contributed by atoms with Gasteiger partial charge in [0.1, 0.15) is 5.75 Å². The largest absolute Gasteiger partial charge is 0.497 e. The number of methoxy groups -OCH3 is 1. The number of nitrogens with two attached hydrogens (primary N) is 1. The molecule has 2 aromatic rings. The molecule has 0 radical (unpaired) electrons. The highest BCUT2D eigenvalue weighted by molar-refractivity contribution is 5.83. The third-order valence-corrected chi connectivity index (χ3v) is 2.33. The number of hydrogen-bond donors (Lipinski definition) is 1. The van der Waals surface area contributed by atoms with E-state index in [1.807, 2.05) is 29.9 Å². The van der Waals surface area contributed by atoms with Gasteiger partial charge in [0.05, 0.1) is 18.3 Å². The van der Waals surface area contributed by atoms with E-state index in [0.29, 0.717) is 6.54 Å². The van der Waals surface area contributed by atoms with Crippen LogP contribution in [0.2, 0.25) is 0 Å². The van der Waals surface area contributed by atoms with E-state index in [4.69, 9.17) is 10.5 Å². The monoisotopic (exact) mass is 191 g/mol. The third-order valence-electron chi connectivity index (χ3n) is 2.33. The van der Waals surface area contributed by atoms with E-state index < -0.39 is 0 Å². The van der Waals surface area contributed by atoms with Crippen LogP contribution in [-0.4, -0.2) is 16.9 Å². The van der Waals surface area contributed by atoms with E-state index in [0.717, 1.165) is 22.3 Å². The minimum Gasteiger partial charge on any atom is -0.497 e. The molecule has 0 saturated heterocycles. The first-order valence-electron chi connectivity index (χ1n) is 4.46. The summed E-state index contributed by atoms with van der Waals surface area (Å²) in [5.74, 6) is 0.834. The fourth-order valence-corrected chi connectivity index (χ4v) is 1.60. The quantitative estimate of drug-likeness (QED) is 0.771. The molecule has 74 valence electrons. The van der Waals surface area contributed by atoms with E-state index in [-0.39, 0.29) is 0 Å². The highest BCUT2D eigenvalue weighted by Gasteiger charge is 2.07. The van der Waals surface area contributed by atoms with Gasteiger partial charge in [-0.2, -0.15) is 5.10 Å². The van der Waals surface area contributed by atoms with Gasteiger partial charge >= 0.3 is 0 Å². The van der Waals surface area contributed by atoms with Gasteiger partial charge in [0.25, 0.3) is 0 Å². The van der Waals surface area contributed by atoms with Crippen molar-refractivity contribution in [2.24, 2.45) is 12.8 Å². The first-order chi connectivity index (χ1) is 6.76. The Labute approximate surface area is 82.3 Å². The molecule has 1 aromatic heterocycles. The smallest absolute Gasteiger partial charge is 0.119 e. The number of nitrogens with zero attached hydrogens (tertiary/aromatic N) is 2. The zero-order valence-electron chi connectivity index (χ0n) is 8.32. The molecule has 14 heavy (non-hydrogen) atoms. The van der Waals surface area contributed by atoms with Crippen molar-refractivity contribution in [3.05, 3.63) is 23.9 Å². The normalized spacial score (nSPS) is 10.8. The molecule has 2 N–H and O–H groups in total. The maximum absolute atomic E-state index is 5.60. The van der Waals surface area contributed by atoms with Crippen molar-refractivity contribution in [2.75, 3.05) is 7.11 Å². The second-order valence-electron chi connectivity index (χ2n) is 3.16. The highest BCUT2D eigenvalue weighted by atomic mass is 16.5. The maximum atomic E-state index is 5.60. The predicted octanol–water partition coefficient (Wildman–Crippen LogP) is 1.04. The van der Waals surface area contributed by atoms with Crippen molar-refractivity contribution in [1.29, 1.82) is 0 Å². The Bertz CT molecular complexity index is 462. The molecular weight excluding hydrogens is 178 g/mol. The molecule has 4 nitrogen and oxygen atoms in total. The number of hydrogen-bond acceptors (Lipinski definition) is 3. The maximum Gasteiger partial charge on any atom is 0.119 e. The zero-order valence-corrected chi connectivity index (χ0v) is 8.32. The summed E-state index contributed by atoms with van der Waals surface area (Å²) >= 11 is 0.